The third-order valence-electron chi connectivity index (χ3n) is 4.51. The monoisotopic (exact) mass is 349 g/mol. The van der Waals surface area contributed by atoms with E-state index in [-0.39, 0.29) is 11.8 Å². The van der Waals surface area contributed by atoms with Crippen LogP contribution in [0.15, 0.2) is 59.0 Å². The Bertz CT molecular complexity index is 874. The first-order chi connectivity index (χ1) is 12.5. The lowest BCUT2D eigenvalue weighted by Crippen LogP contribution is -2.28. The number of aromatic nitrogens is 2. The second-order valence-electron chi connectivity index (χ2n) is 6.49. The Labute approximate surface area is 153 Å². The molecule has 0 spiro atoms. The maximum absolute atomic E-state index is 12.9. The second kappa shape index (κ2) is 7.95. The van der Waals surface area contributed by atoms with Crippen LogP contribution >= 0.6 is 0 Å². The number of carbonyl (C=O) groups is 1. The van der Waals surface area contributed by atoms with Crippen molar-refractivity contribution in [2.24, 2.45) is 0 Å². The molecule has 0 aliphatic heterocycles. The molecule has 3 rings (SSSR count). The Balaban J connectivity index is 1.81. The molecule has 0 saturated carbocycles. The van der Waals surface area contributed by atoms with Crippen LogP contribution in [-0.4, -0.2) is 28.1 Å². The number of benzene rings is 2. The van der Waals surface area contributed by atoms with Gasteiger partial charge < -0.3 is 9.32 Å². The molecule has 2 aromatic carbocycles. The summed E-state index contributed by atoms with van der Waals surface area (Å²) in [6.07, 6.45) is 0.387. The van der Waals surface area contributed by atoms with Crippen molar-refractivity contribution in [3.8, 4) is 0 Å². The average Bonchev–Trinajstić information content (AvgIpc) is 3.05. The molecule has 0 aliphatic carbocycles. The fraction of sp³-hybridized carbons (Fsp3) is 0.286. The van der Waals surface area contributed by atoms with Crippen LogP contribution in [0.1, 0.15) is 40.8 Å². The summed E-state index contributed by atoms with van der Waals surface area (Å²) in [5.41, 5.74) is 3.50. The standard InChI is InChI=1S/C21H23N3O2/c1-15-9-7-8-12-18(15)19(17-10-5-4-6-11-17)13-21(25)24(3)14-20-23-22-16(2)26-20/h4-12,19H,13-14H2,1-3H3/t19-/m1/s1. The van der Waals surface area contributed by atoms with E-state index in [4.69, 9.17) is 4.42 Å². The normalized spacial score (nSPS) is 12.0. The van der Waals surface area contributed by atoms with Crippen LogP contribution < -0.4 is 0 Å². The van der Waals surface area contributed by atoms with Gasteiger partial charge in [0.25, 0.3) is 0 Å². The molecular weight excluding hydrogens is 326 g/mol. The molecule has 5 heteroatoms. The van der Waals surface area contributed by atoms with E-state index in [9.17, 15) is 4.79 Å². The van der Waals surface area contributed by atoms with Crippen molar-refractivity contribution in [2.75, 3.05) is 7.05 Å². The van der Waals surface area contributed by atoms with Crippen molar-refractivity contribution < 1.29 is 9.21 Å². The summed E-state index contributed by atoms with van der Waals surface area (Å²) in [6.45, 7) is 4.14. The molecule has 26 heavy (non-hydrogen) atoms. The van der Waals surface area contributed by atoms with E-state index >= 15 is 0 Å². The molecule has 1 heterocycles. The summed E-state index contributed by atoms with van der Waals surface area (Å²) in [7, 11) is 1.77. The minimum Gasteiger partial charge on any atom is -0.424 e. The molecule has 0 N–H and O–H groups in total. The summed E-state index contributed by atoms with van der Waals surface area (Å²) >= 11 is 0. The summed E-state index contributed by atoms with van der Waals surface area (Å²) in [5.74, 6) is 1.00. The smallest absolute Gasteiger partial charge is 0.235 e. The van der Waals surface area contributed by atoms with Crippen LogP contribution in [0.25, 0.3) is 0 Å². The van der Waals surface area contributed by atoms with E-state index in [1.54, 1.807) is 18.9 Å². The number of rotatable bonds is 6. The number of hydrogen-bond donors (Lipinski definition) is 0. The molecular formula is C21H23N3O2. The lowest BCUT2D eigenvalue weighted by Gasteiger charge is -2.23. The second-order valence-corrected chi connectivity index (χ2v) is 6.49. The lowest BCUT2D eigenvalue weighted by atomic mass is 9.86. The third-order valence-corrected chi connectivity index (χ3v) is 4.51. The van der Waals surface area contributed by atoms with E-state index in [1.165, 1.54) is 11.1 Å². The maximum atomic E-state index is 12.9. The van der Waals surface area contributed by atoms with Gasteiger partial charge in [0.1, 0.15) is 0 Å². The van der Waals surface area contributed by atoms with Crippen LogP contribution in [0.3, 0.4) is 0 Å². The van der Waals surface area contributed by atoms with Gasteiger partial charge in [-0.2, -0.15) is 0 Å². The summed E-state index contributed by atoms with van der Waals surface area (Å²) in [6, 6.07) is 18.4. The predicted molar refractivity (Wildman–Crippen MR) is 99.6 cm³/mol. The molecule has 3 aromatic rings. The zero-order valence-electron chi connectivity index (χ0n) is 15.3. The largest absolute Gasteiger partial charge is 0.424 e. The topological polar surface area (TPSA) is 59.2 Å². The highest BCUT2D eigenvalue weighted by molar-refractivity contribution is 5.77. The van der Waals surface area contributed by atoms with Gasteiger partial charge in [-0.25, -0.2) is 0 Å². The Morgan fingerprint density at radius 1 is 1.04 bits per heavy atom. The third kappa shape index (κ3) is 4.17. The number of aryl methyl sites for hydroxylation is 2. The van der Waals surface area contributed by atoms with Crippen molar-refractivity contribution >= 4 is 5.91 Å². The highest BCUT2D eigenvalue weighted by Gasteiger charge is 2.22. The maximum Gasteiger partial charge on any atom is 0.235 e. The van der Waals surface area contributed by atoms with E-state index in [0.717, 1.165) is 5.56 Å². The lowest BCUT2D eigenvalue weighted by molar-refractivity contribution is -0.130. The molecule has 1 atom stereocenters. The molecule has 0 fully saturated rings. The van der Waals surface area contributed by atoms with Crippen LogP contribution in [0.4, 0.5) is 0 Å². The molecule has 0 saturated heterocycles. The van der Waals surface area contributed by atoms with Gasteiger partial charge in [-0.1, -0.05) is 54.6 Å². The number of amides is 1. The van der Waals surface area contributed by atoms with E-state index in [0.29, 0.717) is 24.7 Å². The van der Waals surface area contributed by atoms with Crippen LogP contribution in [0.2, 0.25) is 0 Å². The highest BCUT2D eigenvalue weighted by atomic mass is 16.4. The Morgan fingerprint density at radius 2 is 1.73 bits per heavy atom. The zero-order chi connectivity index (χ0) is 18.5. The van der Waals surface area contributed by atoms with Gasteiger partial charge >= 0.3 is 0 Å². The molecule has 0 radical (unpaired) electrons. The van der Waals surface area contributed by atoms with Gasteiger partial charge in [-0.3, -0.25) is 4.79 Å². The van der Waals surface area contributed by atoms with Crippen LogP contribution in [0.5, 0.6) is 0 Å². The first-order valence-corrected chi connectivity index (χ1v) is 8.68. The number of carbonyl (C=O) groups excluding carboxylic acids is 1. The number of hydrogen-bond acceptors (Lipinski definition) is 4. The molecule has 0 unspecified atom stereocenters. The van der Waals surface area contributed by atoms with Gasteiger partial charge in [-0.15, -0.1) is 10.2 Å². The first-order valence-electron chi connectivity index (χ1n) is 8.68. The van der Waals surface area contributed by atoms with Crippen molar-refractivity contribution in [1.82, 2.24) is 15.1 Å². The van der Waals surface area contributed by atoms with Gasteiger partial charge in [-0.05, 0) is 23.6 Å². The minimum absolute atomic E-state index is 0.0109. The molecule has 5 nitrogen and oxygen atoms in total. The van der Waals surface area contributed by atoms with Crippen molar-refractivity contribution in [1.29, 1.82) is 0 Å². The quantitative estimate of drug-likeness (QED) is 0.678. The highest BCUT2D eigenvalue weighted by Crippen LogP contribution is 2.30. The fourth-order valence-corrected chi connectivity index (χ4v) is 3.09. The van der Waals surface area contributed by atoms with Gasteiger partial charge in [0, 0.05) is 26.3 Å². The molecule has 134 valence electrons. The number of nitrogens with zero attached hydrogens (tertiary/aromatic N) is 3. The Kier molecular flexibility index (Phi) is 5.46. The minimum atomic E-state index is 0.0109. The van der Waals surface area contributed by atoms with Crippen molar-refractivity contribution in [2.45, 2.75) is 32.7 Å². The fourth-order valence-electron chi connectivity index (χ4n) is 3.09. The molecule has 1 aromatic heterocycles. The zero-order valence-corrected chi connectivity index (χ0v) is 15.3. The van der Waals surface area contributed by atoms with Gasteiger partial charge in [0.05, 0.1) is 6.54 Å². The summed E-state index contributed by atoms with van der Waals surface area (Å²) in [5, 5.41) is 7.78. The predicted octanol–water partition coefficient (Wildman–Crippen LogP) is 3.87. The van der Waals surface area contributed by atoms with E-state index in [1.807, 2.05) is 30.3 Å². The SMILES string of the molecule is Cc1nnc(CN(C)C(=O)C[C@H](c2ccccc2)c2ccccc2C)o1. The molecule has 0 aliphatic rings. The van der Waals surface area contributed by atoms with Gasteiger partial charge in [0.15, 0.2) is 0 Å². The van der Waals surface area contributed by atoms with Crippen molar-refractivity contribution in [3.63, 3.8) is 0 Å². The van der Waals surface area contributed by atoms with Crippen molar-refractivity contribution in [3.05, 3.63) is 83.1 Å². The van der Waals surface area contributed by atoms with E-state index < -0.39 is 0 Å². The Morgan fingerprint density at radius 3 is 2.38 bits per heavy atom. The average molecular weight is 349 g/mol. The van der Waals surface area contributed by atoms with Crippen LogP contribution in [-0.2, 0) is 11.3 Å². The summed E-state index contributed by atoms with van der Waals surface area (Å²) < 4.78 is 5.38. The first kappa shape index (κ1) is 17.9. The van der Waals surface area contributed by atoms with Crippen LogP contribution in [0, 0.1) is 13.8 Å². The molecule has 0 bridgehead atoms. The Hall–Kier alpha value is -2.95. The molecule has 1 amide bonds. The summed E-state index contributed by atoms with van der Waals surface area (Å²) in [4.78, 5) is 14.5. The van der Waals surface area contributed by atoms with E-state index in [2.05, 4.69) is 41.4 Å². The van der Waals surface area contributed by atoms with Gasteiger partial charge in [0.2, 0.25) is 17.7 Å².